The highest BCUT2D eigenvalue weighted by molar-refractivity contribution is 8.00. The third kappa shape index (κ3) is 4.09. The van der Waals surface area contributed by atoms with Crippen molar-refractivity contribution in [2.45, 2.75) is 18.9 Å². The van der Waals surface area contributed by atoms with Crippen molar-refractivity contribution < 1.29 is 9.18 Å². The summed E-state index contributed by atoms with van der Waals surface area (Å²) in [5.74, 6) is -0.302. The number of halogens is 1. The predicted octanol–water partition coefficient (Wildman–Crippen LogP) is 3.70. The molecule has 2 aromatic carbocycles. The molecule has 0 aliphatic rings. The molecule has 2 heterocycles. The van der Waals surface area contributed by atoms with Gasteiger partial charge in [-0.25, -0.2) is 14.4 Å². The van der Waals surface area contributed by atoms with Crippen molar-refractivity contribution in [3.05, 3.63) is 65.7 Å². The number of aromatic nitrogens is 5. The molecule has 7 nitrogen and oxygen atoms in total. The zero-order valence-electron chi connectivity index (χ0n) is 15.8. The number of thioether (sulfide) groups is 1. The Hall–Kier alpha value is -3.33. The van der Waals surface area contributed by atoms with E-state index in [1.165, 1.54) is 34.9 Å². The Morgan fingerprint density at radius 3 is 2.72 bits per heavy atom. The number of aryl methyl sites for hydroxylation is 2. The molecule has 0 bridgehead atoms. The van der Waals surface area contributed by atoms with Crippen LogP contribution in [-0.2, 0) is 4.79 Å². The molecule has 4 rings (SSSR count). The Balaban J connectivity index is 1.52. The summed E-state index contributed by atoms with van der Waals surface area (Å²) >= 11 is 1.26. The summed E-state index contributed by atoms with van der Waals surface area (Å²) in [5.41, 5.74) is 4.49. The summed E-state index contributed by atoms with van der Waals surface area (Å²) in [5, 5.41) is 11.7. The molecule has 0 aliphatic carbocycles. The largest absolute Gasteiger partial charge is 0.325 e. The summed E-state index contributed by atoms with van der Waals surface area (Å²) in [6.07, 6.45) is 1.40. The van der Waals surface area contributed by atoms with E-state index in [9.17, 15) is 9.18 Å². The van der Waals surface area contributed by atoms with Crippen LogP contribution in [0.25, 0.3) is 16.9 Å². The first-order valence-corrected chi connectivity index (χ1v) is 9.82. The molecule has 0 saturated heterocycles. The van der Waals surface area contributed by atoms with Crippen molar-refractivity contribution in [1.82, 2.24) is 25.0 Å². The average molecular weight is 408 g/mol. The number of hydrogen-bond acceptors (Lipinski definition) is 6. The predicted molar refractivity (Wildman–Crippen MR) is 110 cm³/mol. The van der Waals surface area contributed by atoms with Crippen molar-refractivity contribution >= 4 is 34.5 Å². The molecule has 9 heteroatoms. The van der Waals surface area contributed by atoms with Crippen LogP contribution in [0.15, 0.2) is 53.8 Å². The molecule has 146 valence electrons. The van der Waals surface area contributed by atoms with Crippen LogP contribution >= 0.6 is 11.8 Å². The van der Waals surface area contributed by atoms with Gasteiger partial charge in [-0.15, -0.1) is 5.10 Å². The number of carbonyl (C=O) groups excluding carboxylic acids is 1. The summed E-state index contributed by atoms with van der Waals surface area (Å²) in [7, 11) is 0. The molecule has 0 saturated carbocycles. The van der Waals surface area contributed by atoms with E-state index in [-0.39, 0.29) is 17.5 Å². The first-order valence-electron chi connectivity index (χ1n) is 8.83. The zero-order valence-corrected chi connectivity index (χ0v) is 16.6. The molecule has 1 amide bonds. The fourth-order valence-electron chi connectivity index (χ4n) is 2.78. The van der Waals surface area contributed by atoms with Gasteiger partial charge < -0.3 is 5.32 Å². The third-order valence-corrected chi connectivity index (χ3v) is 5.26. The summed E-state index contributed by atoms with van der Waals surface area (Å²) < 4.78 is 14.7. The lowest BCUT2D eigenvalue weighted by Gasteiger charge is -2.09. The van der Waals surface area contributed by atoms with E-state index in [0.29, 0.717) is 21.9 Å². The second kappa shape index (κ2) is 7.96. The van der Waals surface area contributed by atoms with Gasteiger partial charge in [-0.05, 0) is 55.3 Å². The highest BCUT2D eigenvalue weighted by Gasteiger charge is 2.15. The number of amides is 1. The first kappa shape index (κ1) is 19.0. The maximum Gasteiger partial charge on any atom is 0.234 e. The first-order chi connectivity index (χ1) is 14.0. The standard InChI is InChI=1S/C20H17FN6OS/c1-12-3-4-13(2)16(9-12)24-17(28)10-29-20-18-19(22-11-23-20)27(26-25-18)15-7-5-14(21)6-8-15/h3-9,11H,10H2,1-2H3,(H,24,28). The molecular formula is C20H17FN6OS. The van der Waals surface area contributed by atoms with Crippen molar-refractivity contribution in [3.8, 4) is 5.69 Å². The van der Waals surface area contributed by atoms with Gasteiger partial charge in [0.05, 0.1) is 11.4 Å². The number of nitrogens with zero attached hydrogens (tertiary/aromatic N) is 5. The van der Waals surface area contributed by atoms with Gasteiger partial charge in [0.15, 0.2) is 11.2 Å². The van der Waals surface area contributed by atoms with Gasteiger partial charge in [0, 0.05) is 5.69 Å². The van der Waals surface area contributed by atoms with Gasteiger partial charge >= 0.3 is 0 Å². The quantitative estimate of drug-likeness (QED) is 0.400. The normalized spacial score (nSPS) is 11.0. The molecule has 2 aromatic heterocycles. The number of carbonyl (C=O) groups is 1. The Morgan fingerprint density at radius 1 is 1.14 bits per heavy atom. The maximum absolute atomic E-state index is 13.2. The summed E-state index contributed by atoms with van der Waals surface area (Å²) in [6.45, 7) is 3.93. The minimum atomic E-state index is -0.334. The van der Waals surface area contributed by atoms with Crippen LogP contribution in [0.3, 0.4) is 0 Å². The number of benzene rings is 2. The monoisotopic (exact) mass is 408 g/mol. The molecule has 0 radical (unpaired) electrons. The fourth-order valence-corrected chi connectivity index (χ4v) is 3.51. The van der Waals surface area contributed by atoms with Gasteiger partial charge in [-0.2, -0.15) is 4.68 Å². The Kier molecular flexibility index (Phi) is 5.22. The number of nitrogens with one attached hydrogen (secondary N) is 1. The number of fused-ring (bicyclic) bond motifs is 1. The molecule has 1 N–H and O–H groups in total. The number of rotatable bonds is 5. The van der Waals surface area contributed by atoms with Gasteiger partial charge in [0.2, 0.25) is 5.91 Å². The maximum atomic E-state index is 13.2. The molecule has 29 heavy (non-hydrogen) atoms. The SMILES string of the molecule is Cc1ccc(C)c(NC(=O)CSc2ncnc3c2nnn3-c2ccc(F)cc2)c1. The highest BCUT2D eigenvalue weighted by atomic mass is 32.2. The lowest BCUT2D eigenvalue weighted by Crippen LogP contribution is -2.15. The second-order valence-corrected chi connectivity index (χ2v) is 7.45. The topological polar surface area (TPSA) is 85.6 Å². The van der Waals surface area contributed by atoms with E-state index in [2.05, 4.69) is 25.6 Å². The Bertz CT molecular complexity index is 1190. The van der Waals surface area contributed by atoms with Crippen molar-refractivity contribution in [2.75, 3.05) is 11.1 Å². The van der Waals surface area contributed by atoms with Crippen molar-refractivity contribution in [2.24, 2.45) is 0 Å². The fraction of sp³-hybridized carbons (Fsp3) is 0.150. The lowest BCUT2D eigenvalue weighted by molar-refractivity contribution is -0.113. The third-order valence-electron chi connectivity index (χ3n) is 4.28. The molecule has 4 aromatic rings. The van der Waals surface area contributed by atoms with Crippen LogP contribution in [0, 0.1) is 19.7 Å². The van der Waals surface area contributed by atoms with E-state index < -0.39 is 0 Å². The molecular weight excluding hydrogens is 391 g/mol. The van der Waals surface area contributed by atoms with E-state index in [4.69, 9.17) is 0 Å². The second-order valence-electron chi connectivity index (χ2n) is 6.48. The Morgan fingerprint density at radius 2 is 1.93 bits per heavy atom. The lowest BCUT2D eigenvalue weighted by atomic mass is 10.1. The van der Waals surface area contributed by atoms with Crippen LogP contribution in [0.2, 0.25) is 0 Å². The summed E-state index contributed by atoms with van der Waals surface area (Å²) in [4.78, 5) is 20.9. The molecule has 0 fully saturated rings. The van der Waals surface area contributed by atoms with Crippen molar-refractivity contribution in [1.29, 1.82) is 0 Å². The highest BCUT2D eigenvalue weighted by Crippen LogP contribution is 2.24. The molecule has 0 atom stereocenters. The van der Waals surface area contributed by atoms with Gasteiger partial charge in [0.25, 0.3) is 0 Å². The molecule has 0 aliphatic heterocycles. The zero-order chi connectivity index (χ0) is 20.4. The minimum absolute atomic E-state index is 0.138. The van der Waals surface area contributed by atoms with E-state index in [0.717, 1.165) is 16.8 Å². The van der Waals surface area contributed by atoms with Crippen molar-refractivity contribution in [3.63, 3.8) is 0 Å². The number of hydrogen-bond donors (Lipinski definition) is 1. The van der Waals surface area contributed by atoms with Gasteiger partial charge in [-0.3, -0.25) is 4.79 Å². The van der Waals surface area contributed by atoms with Crippen LogP contribution in [0.1, 0.15) is 11.1 Å². The molecule has 0 unspecified atom stereocenters. The van der Waals surface area contributed by atoms with Gasteiger partial charge in [0.1, 0.15) is 17.2 Å². The van der Waals surface area contributed by atoms with Gasteiger partial charge in [-0.1, -0.05) is 29.1 Å². The summed E-state index contributed by atoms with van der Waals surface area (Å²) in [6, 6.07) is 11.8. The van der Waals surface area contributed by atoms with Crippen LogP contribution < -0.4 is 5.32 Å². The smallest absolute Gasteiger partial charge is 0.234 e. The van der Waals surface area contributed by atoms with E-state index in [1.807, 2.05) is 32.0 Å². The van der Waals surface area contributed by atoms with E-state index in [1.54, 1.807) is 12.1 Å². The minimum Gasteiger partial charge on any atom is -0.325 e. The van der Waals surface area contributed by atoms with Crippen LogP contribution in [-0.4, -0.2) is 36.6 Å². The van der Waals surface area contributed by atoms with Crippen LogP contribution in [0.4, 0.5) is 10.1 Å². The Labute approximate surface area is 170 Å². The van der Waals surface area contributed by atoms with Crippen LogP contribution in [0.5, 0.6) is 0 Å². The van der Waals surface area contributed by atoms with E-state index >= 15 is 0 Å². The average Bonchev–Trinajstić information content (AvgIpc) is 3.14. The molecule has 0 spiro atoms. The number of anilines is 1.